The minimum atomic E-state index is -0.130. The third-order valence-corrected chi connectivity index (χ3v) is 2.91. The van der Waals surface area contributed by atoms with Crippen LogP contribution in [0.4, 0.5) is 5.95 Å². The monoisotopic (exact) mass is 278 g/mol. The summed E-state index contributed by atoms with van der Waals surface area (Å²) in [6, 6.07) is 1.72. The SMILES string of the molecule is CCCCNc1nc(C)cc(C(=O)NCCC(C)C)n1. The number of aryl methyl sites for hydroxylation is 1. The van der Waals surface area contributed by atoms with Crippen molar-refractivity contribution in [3.63, 3.8) is 0 Å². The van der Waals surface area contributed by atoms with E-state index in [1.54, 1.807) is 6.07 Å². The van der Waals surface area contributed by atoms with Crippen LogP contribution in [0.25, 0.3) is 0 Å². The zero-order chi connectivity index (χ0) is 15.0. The van der Waals surface area contributed by atoms with E-state index in [4.69, 9.17) is 0 Å². The fraction of sp³-hybridized carbons (Fsp3) is 0.667. The van der Waals surface area contributed by atoms with Crippen LogP contribution in [-0.2, 0) is 0 Å². The molecule has 2 N–H and O–H groups in total. The van der Waals surface area contributed by atoms with E-state index in [0.717, 1.165) is 31.5 Å². The van der Waals surface area contributed by atoms with Crippen molar-refractivity contribution >= 4 is 11.9 Å². The molecule has 0 aromatic carbocycles. The van der Waals surface area contributed by atoms with Gasteiger partial charge in [-0.2, -0.15) is 0 Å². The fourth-order valence-electron chi connectivity index (χ4n) is 1.71. The van der Waals surface area contributed by atoms with Gasteiger partial charge >= 0.3 is 0 Å². The van der Waals surface area contributed by atoms with Crippen molar-refractivity contribution < 1.29 is 4.79 Å². The molecule has 1 aromatic heterocycles. The van der Waals surface area contributed by atoms with Gasteiger partial charge in [-0.25, -0.2) is 9.97 Å². The van der Waals surface area contributed by atoms with Crippen LogP contribution in [0.15, 0.2) is 6.07 Å². The summed E-state index contributed by atoms with van der Waals surface area (Å²) in [6.07, 6.45) is 3.14. The average Bonchev–Trinajstić information content (AvgIpc) is 2.38. The van der Waals surface area contributed by atoms with Crippen molar-refractivity contribution in [3.8, 4) is 0 Å². The first kappa shape index (κ1) is 16.4. The molecule has 0 fully saturated rings. The van der Waals surface area contributed by atoms with Crippen LogP contribution in [0.2, 0.25) is 0 Å². The van der Waals surface area contributed by atoms with Gasteiger partial charge in [0.2, 0.25) is 5.95 Å². The minimum Gasteiger partial charge on any atom is -0.354 e. The van der Waals surface area contributed by atoms with E-state index in [2.05, 4.69) is 41.4 Å². The standard InChI is InChI=1S/C15H26N4O/c1-5-6-8-17-15-18-12(4)10-13(19-15)14(20)16-9-7-11(2)3/h10-11H,5-9H2,1-4H3,(H,16,20)(H,17,18,19). The molecule has 0 unspecified atom stereocenters. The van der Waals surface area contributed by atoms with Crippen molar-refractivity contribution in [2.75, 3.05) is 18.4 Å². The highest BCUT2D eigenvalue weighted by atomic mass is 16.1. The van der Waals surface area contributed by atoms with Gasteiger partial charge in [0.05, 0.1) is 0 Å². The number of aromatic nitrogens is 2. The lowest BCUT2D eigenvalue weighted by molar-refractivity contribution is 0.0947. The second-order valence-corrected chi connectivity index (χ2v) is 5.44. The van der Waals surface area contributed by atoms with E-state index < -0.39 is 0 Å². The lowest BCUT2D eigenvalue weighted by Gasteiger charge is -2.09. The summed E-state index contributed by atoms with van der Waals surface area (Å²) in [5.41, 5.74) is 1.23. The van der Waals surface area contributed by atoms with Crippen LogP contribution in [0.5, 0.6) is 0 Å². The molecule has 0 atom stereocenters. The molecule has 5 nitrogen and oxygen atoms in total. The number of unbranched alkanes of at least 4 members (excludes halogenated alkanes) is 1. The first-order chi connectivity index (χ1) is 9.52. The van der Waals surface area contributed by atoms with Crippen LogP contribution in [0, 0.1) is 12.8 Å². The molecule has 1 rings (SSSR count). The van der Waals surface area contributed by atoms with Gasteiger partial charge in [-0.1, -0.05) is 27.2 Å². The number of nitrogens with zero attached hydrogens (tertiary/aromatic N) is 2. The van der Waals surface area contributed by atoms with Gasteiger partial charge in [0.25, 0.3) is 5.91 Å². The molecule has 1 aromatic rings. The first-order valence-electron chi connectivity index (χ1n) is 7.40. The number of hydrogen-bond donors (Lipinski definition) is 2. The number of amides is 1. The highest BCUT2D eigenvalue weighted by Gasteiger charge is 2.10. The van der Waals surface area contributed by atoms with E-state index in [9.17, 15) is 4.79 Å². The summed E-state index contributed by atoms with van der Waals surface area (Å²) in [5, 5.41) is 6.05. The second kappa shape index (κ2) is 8.51. The molecular weight excluding hydrogens is 252 g/mol. The molecule has 0 aliphatic rings. The molecule has 0 saturated heterocycles. The Hall–Kier alpha value is -1.65. The number of nitrogens with one attached hydrogen (secondary N) is 2. The van der Waals surface area contributed by atoms with Crippen molar-refractivity contribution in [3.05, 3.63) is 17.5 Å². The third-order valence-electron chi connectivity index (χ3n) is 2.91. The van der Waals surface area contributed by atoms with Gasteiger partial charge in [0.1, 0.15) is 5.69 Å². The number of rotatable bonds is 8. The van der Waals surface area contributed by atoms with Crippen LogP contribution >= 0.6 is 0 Å². The van der Waals surface area contributed by atoms with Crippen LogP contribution in [0.3, 0.4) is 0 Å². The fourth-order valence-corrected chi connectivity index (χ4v) is 1.71. The summed E-state index contributed by atoms with van der Waals surface area (Å²) >= 11 is 0. The van der Waals surface area contributed by atoms with E-state index in [1.807, 2.05) is 6.92 Å². The Morgan fingerprint density at radius 3 is 2.70 bits per heavy atom. The zero-order valence-corrected chi connectivity index (χ0v) is 13.0. The lowest BCUT2D eigenvalue weighted by atomic mass is 10.1. The third kappa shape index (κ3) is 5.99. The maximum absolute atomic E-state index is 12.0. The van der Waals surface area contributed by atoms with Crippen molar-refractivity contribution in [1.82, 2.24) is 15.3 Å². The topological polar surface area (TPSA) is 66.9 Å². The quantitative estimate of drug-likeness (QED) is 0.718. The highest BCUT2D eigenvalue weighted by Crippen LogP contribution is 2.06. The maximum Gasteiger partial charge on any atom is 0.270 e. The smallest absolute Gasteiger partial charge is 0.270 e. The van der Waals surface area contributed by atoms with Crippen molar-refractivity contribution in [2.45, 2.75) is 47.0 Å². The maximum atomic E-state index is 12.0. The lowest BCUT2D eigenvalue weighted by Crippen LogP contribution is -2.26. The molecule has 0 spiro atoms. The molecular formula is C15H26N4O. The predicted octanol–water partition coefficient (Wildman–Crippen LogP) is 2.77. The Bertz CT molecular complexity index is 432. The van der Waals surface area contributed by atoms with Crippen molar-refractivity contribution in [1.29, 1.82) is 0 Å². The molecule has 5 heteroatoms. The Kier molecular flexibility index (Phi) is 6.98. The summed E-state index contributed by atoms with van der Waals surface area (Å²) in [5.74, 6) is 0.982. The van der Waals surface area contributed by atoms with Crippen molar-refractivity contribution in [2.24, 2.45) is 5.92 Å². The van der Waals surface area contributed by atoms with Gasteiger partial charge < -0.3 is 10.6 Å². The summed E-state index contributed by atoms with van der Waals surface area (Å²) < 4.78 is 0. The Morgan fingerprint density at radius 1 is 1.30 bits per heavy atom. The minimum absolute atomic E-state index is 0.130. The molecule has 0 aliphatic carbocycles. The number of hydrogen-bond acceptors (Lipinski definition) is 4. The molecule has 0 radical (unpaired) electrons. The van der Waals surface area contributed by atoms with E-state index in [0.29, 0.717) is 24.1 Å². The average molecular weight is 278 g/mol. The van der Waals surface area contributed by atoms with E-state index in [-0.39, 0.29) is 5.91 Å². The molecule has 0 bridgehead atoms. The zero-order valence-electron chi connectivity index (χ0n) is 13.0. The van der Waals surface area contributed by atoms with Gasteiger partial charge in [0.15, 0.2) is 0 Å². The Balaban J connectivity index is 2.61. The Labute approximate surface area is 121 Å². The van der Waals surface area contributed by atoms with Crippen LogP contribution in [0.1, 0.15) is 56.2 Å². The largest absolute Gasteiger partial charge is 0.354 e. The number of carbonyl (C=O) groups excluding carboxylic acids is 1. The van der Waals surface area contributed by atoms with E-state index >= 15 is 0 Å². The molecule has 0 aliphatic heterocycles. The second-order valence-electron chi connectivity index (χ2n) is 5.44. The normalized spacial score (nSPS) is 10.7. The molecule has 1 heterocycles. The van der Waals surface area contributed by atoms with Gasteiger partial charge in [0, 0.05) is 18.8 Å². The highest BCUT2D eigenvalue weighted by molar-refractivity contribution is 5.92. The van der Waals surface area contributed by atoms with Crippen LogP contribution in [-0.4, -0.2) is 29.0 Å². The molecule has 20 heavy (non-hydrogen) atoms. The number of carbonyl (C=O) groups is 1. The summed E-state index contributed by atoms with van der Waals surface area (Å²) in [7, 11) is 0. The van der Waals surface area contributed by atoms with Gasteiger partial charge in [-0.05, 0) is 31.7 Å². The Morgan fingerprint density at radius 2 is 2.05 bits per heavy atom. The van der Waals surface area contributed by atoms with E-state index in [1.165, 1.54) is 0 Å². The first-order valence-corrected chi connectivity index (χ1v) is 7.40. The molecule has 0 saturated carbocycles. The predicted molar refractivity (Wildman–Crippen MR) is 82.0 cm³/mol. The van der Waals surface area contributed by atoms with Gasteiger partial charge in [-0.3, -0.25) is 4.79 Å². The molecule has 1 amide bonds. The summed E-state index contributed by atoms with van der Waals surface area (Å²) in [6.45, 7) is 9.78. The summed E-state index contributed by atoms with van der Waals surface area (Å²) in [4.78, 5) is 20.6. The molecule has 112 valence electrons. The van der Waals surface area contributed by atoms with Gasteiger partial charge in [-0.15, -0.1) is 0 Å². The number of anilines is 1. The van der Waals surface area contributed by atoms with Crippen LogP contribution < -0.4 is 10.6 Å².